The summed E-state index contributed by atoms with van der Waals surface area (Å²) in [5.74, 6) is 0. The van der Waals surface area contributed by atoms with Gasteiger partial charge in [-0.1, -0.05) is 34.1 Å². The molecule has 1 atom stereocenters. The summed E-state index contributed by atoms with van der Waals surface area (Å²) in [5.41, 5.74) is 0.644. The van der Waals surface area contributed by atoms with E-state index in [2.05, 4.69) is 20.7 Å². The van der Waals surface area contributed by atoms with Crippen molar-refractivity contribution < 1.29 is 13.3 Å². The standard InChI is InChI=1S/C14H13BrN2O4S/c1-10(13-4-2-3-5-14(13)15)16-22(20,21)12-8-6-11(7-9-12)17(18)19/h2-10,16H,1H3/t10-/m1/s1. The first-order valence-corrected chi connectivity index (χ1v) is 8.60. The molecule has 0 aliphatic rings. The molecule has 0 aliphatic carbocycles. The number of halogens is 1. The molecule has 0 saturated carbocycles. The van der Waals surface area contributed by atoms with Crippen molar-refractivity contribution in [2.75, 3.05) is 0 Å². The molecule has 0 fully saturated rings. The number of nitrogens with zero attached hydrogens (tertiary/aromatic N) is 1. The van der Waals surface area contributed by atoms with Crippen molar-refractivity contribution >= 4 is 31.6 Å². The summed E-state index contributed by atoms with van der Waals surface area (Å²) < 4.78 is 28.0. The summed E-state index contributed by atoms with van der Waals surface area (Å²) in [6.07, 6.45) is 0. The largest absolute Gasteiger partial charge is 0.269 e. The average Bonchev–Trinajstić information content (AvgIpc) is 2.47. The van der Waals surface area contributed by atoms with E-state index in [0.717, 1.165) is 22.2 Å². The van der Waals surface area contributed by atoms with Gasteiger partial charge in [-0.15, -0.1) is 0 Å². The molecule has 0 amide bonds. The van der Waals surface area contributed by atoms with E-state index >= 15 is 0 Å². The number of non-ortho nitro benzene ring substituents is 1. The van der Waals surface area contributed by atoms with Gasteiger partial charge in [-0.25, -0.2) is 13.1 Å². The van der Waals surface area contributed by atoms with Crippen LogP contribution in [0.5, 0.6) is 0 Å². The minimum atomic E-state index is -3.76. The van der Waals surface area contributed by atoms with Gasteiger partial charge in [-0.05, 0) is 30.7 Å². The van der Waals surface area contributed by atoms with Gasteiger partial charge in [0, 0.05) is 22.6 Å². The predicted molar refractivity (Wildman–Crippen MR) is 86.0 cm³/mol. The zero-order valence-electron chi connectivity index (χ0n) is 11.6. The lowest BCUT2D eigenvalue weighted by atomic mass is 10.1. The lowest BCUT2D eigenvalue weighted by Crippen LogP contribution is -2.27. The van der Waals surface area contributed by atoms with Gasteiger partial charge in [0.15, 0.2) is 0 Å². The summed E-state index contributed by atoms with van der Waals surface area (Å²) >= 11 is 3.38. The van der Waals surface area contributed by atoms with Gasteiger partial charge in [0.05, 0.1) is 9.82 Å². The fourth-order valence-corrected chi connectivity index (χ4v) is 3.79. The summed E-state index contributed by atoms with van der Waals surface area (Å²) in [4.78, 5) is 10.0. The van der Waals surface area contributed by atoms with Crippen LogP contribution < -0.4 is 4.72 Å². The number of nitro groups is 1. The van der Waals surface area contributed by atoms with Crippen LogP contribution in [0.25, 0.3) is 0 Å². The van der Waals surface area contributed by atoms with Gasteiger partial charge in [-0.2, -0.15) is 0 Å². The number of nitrogens with one attached hydrogen (secondary N) is 1. The van der Waals surface area contributed by atoms with E-state index in [-0.39, 0.29) is 10.6 Å². The molecule has 0 radical (unpaired) electrons. The molecular weight excluding hydrogens is 372 g/mol. The predicted octanol–water partition coefficient (Wildman–Crippen LogP) is 3.40. The van der Waals surface area contributed by atoms with Crippen LogP contribution in [0.15, 0.2) is 57.9 Å². The van der Waals surface area contributed by atoms with Crippen LogP contribution in [0, 0.1) is 10.1 Å². The Balaban J connectivity index is 2.24. The maximum absolute atomic E-state index is 12.3. The highest BCUT2D eigenvalue weighted by molar-refractivity contribution is 9.10. The number of rotatable bonds is 5. The van der Waals surface area contributed by atoms with Gasteiger partial charge in [0.1, 0.15) is 0 Å². The molecule has 1 N–H and O–H groups in total. The second kappa shape index (κ2) is 6.55. The maximum atomic E-state index is 12.3. The summed E-state index contributed by atoms with van der Waals surface area (Å²) in [6.45, 7) is 1.73. The van der Waals surface area contributed by atoms with E-state index in [1.165, 1.54) is 12.1 Å². The lowest BCUT2D eigenvalue weighted by Gasteiger charge is -2.16. The summed E-state index contributed by atoms with van der Waals surface area (Å²) in [7, 11) is -3.76. The van der Waals surface area contributed by atoms with Crippen molar-refractivity contribution in [3.05, 3.63) is 68.7 Å². The Kier molecular flexibility index (Phi) is 4.94. The molecule has 0 bridgehead atoms. The fourth-order valence-electron chi connectivity index (χ4n) is 1.94. The molecule has 2 aromatic rings. The minimum Gasteiger partial charge on any atom is -0.258 e. The van der Waals surface area contributed by atoms with Crippen molar-refractivity contribution in [2.24, 2.45) is 0 Å². The molecule has 0 aliphatic heterocycles. The molecule has 116 valence electrons. The van der Waals surface area contributed by atoms with Gasteiger partial charge < -0.3 is 0 Å². The second-order valence-corrected chi connectivity index (χ2v) is 7.18. The quantitative estimate of drug-likeness (QED) is 0.631. The molecule has 2 aromatic carbocycles. The second-order valence-electron chi connectivity index (χ2n) is 4.62. The molecule has 0 spiro atoms. The van der Waals surface area contributed by atoms with Crippen LogP contribution >= 0.6 is 15.9 Å². The first-order chi connectivity index (χ1) is 10.3. The summed E-state index contributed by atoms with van der Waals surface area (Å²) in [6, 6.07) is 11.6. The van der Waals surface area contributed by atoms with Gasteiger partial charge in [0.25, 0.3) is 5.69 Å². The number of benzene rings is 2. The fraction of sp³-hybridized carbons (Fsp3) is 0.143. The van der Waals surface area contributed by atoms with E-state index in [0.29, 0.717) is 0 Å². The Morgan fingerprint density at radius 2 is 1.73 bits per heavy atom. The highest BCUT2D eigenvalue weighted by Gasteiger charge is 2.20. The third kappa shape index (κ3) is 3.70. The Labute approximate surface area is 136 Å². The molecule has 6 nitrogen and oxygen atoms in total. The van der Waals surface area contributed by atoms with Crippen LogP contribution in [0.2, 0.25) is 0 Å². The normalized spacial score (nSPS) is 12.8. The van der Waals surface area contributed by atoms with Crippen LogP contribution in [0.1, 0.15) is 18.5 Å². The smallest absolute Gasteiger partial charge is 0.258 e. The Hall–Kier alpha value is -1.77. The minimum absolute atomic E-state index is 0.0167. The van der Waals surface area contributed by atoms with E-state index in [9.17, 15) is 18.5 Å². The first-order valence-electron chi connectivity index (χ1n) is 6.32. The van der Waals surface area contributed by atoms with Crippen molar-refractivity contribution in [1.29, 1.82) is 0 Å². The Bertz CT molecular complexity index is 791. The molecule has 22 heavy (non-hydrogen) atoms. The van der Waals surface area contributed by atoms with E-state index in [4.69, 9.17) is 0 Å². The van der Waals surface area contributed by atoms with Crippen molar-refractivity contribution in [1.82, 2.24) is 4.72 Å². The number of nitro benzene ring substituents is 1. The summed E-state index contributed by atoms with van der Waals surface area (Å²) in [5, 5.41) is 10.6. The third-order valence-corrected chi connectivity index (χ3v) is 5.34. The van der Waals surface area contributed by atoms with Gasteiger partial charge >= 0.3 is 0 Å². The zero-order chi connectivity index (χ0) is 16.3. The molecule has 0 heterocycles. The number of hydrogen-bond acceptors (Lipinski definition) is 4. The topological polar surface area (TPSA) is 89.3 Å². The zero-order valence-corrected chi connectivity index (χ0v) is 14.0. The van der Waals surface area contributed by atoms with Crippen LogP contribution in [-0.4, -0.2) is 13.3 Å². The van der Waals surface area contributed by atoms with Crippen LogP contribution in [0.3, 0.4) is 0 Å². The highest BCUT2D eigenvalue weighted by atomic mass is 79.9. The highest BCUT2D eigenvalue weighted by Crippen LogP contribution is 2.25. The molecule has 2 rings (SSSR count). The SMILES string of the molecule is C[C@@H](NS(=O)(=O)c1ccc([N+](=O)[O-])cc1)c1ccccc1Br. The van der Waals surface area contributed by atoms with Gasteiger partial charge in [-0.3, -0.25) is 10.1 Å². The lowest BCUT2D eigenvalue weighted by molar-refractivity contribution is -0.384. The average molecular weight is 385 g/mol. The van der Waals surface area contributed by atoms with Crippen molar-refractivity contribution in [2.45, 2.75) is 17.9 Å². The first kappa shape index (κ1) is 16.6. The molecule has 0 aromatic heterocycles. The Morgan fingerprint density at radius 3 is 2.27 bits per heavy atom. The van der Waals surface area contributed by atoms with Crippen molar-refractivity contribution in [3.63, 3.8) is 0 Å². The number of hydrogen-bond donors (Lipinski definition) is 1. The molecule has 0 unspecified atom stereocenters. The van der Waals surface area contributed by atoms with E-state index in [1.807, 2.05) is 24.3 Å². The van der Waals surface area contributed by atoms with Gasteiger partial charge in [0.2, 0.25) is 10.0 Å². The molecule has 8 heteroatoms. The van der Waals surface area contributed by atoms with E-state index in [1.54, 1.807) is 6.92 Å². The molecule has 0 saturated heterocycles. The maximum Gasteiger partial charge on any atom is 0.269 e. The van der Waals surface area contributed by atoms with Crippen LogP contribution in [-0.2, 0) is 10.0 Å². The van der Waals surface area contributed by atoms with Crippen LogP contribution in [0.4, 0.5) is 5.69 Å². The van der Waals surface area contributed by atoms with E-state index < -0.39 is 21.0 Å². The Morgan fingerprint density at radius 1 is 1.14 bits per heavy atom. The number of sulfonamides is 1. The monoisotopic (exact) mass is 384 g/mol. The molecular formula is C14H13BrN2O4S. The third-order valence-electron chi connectivity index (χ3n) is 3.06. The van der Waals surface area contributed by atoms with Crippen molar-refractivity contribution in [3.8, 4) is 0 Å².